The fourth-order valence-corrected chi connectivity index (χ4v) is 3.32. The van der Waals surface area contributed by atoms with Crippen LogP contribution in [-0.4, -0.2) is 49.7 Å². The van der Waals surface area contributed by atoms with E-state index in [2.05, 4.69) is 24.1 Å². The van der Waals surface area contributed by atoms with E-state index in [0.29, 0.717) is 6.04 Å². The molecule has 0 amide bonds. The van der Waals surface area contributed by atoms with Crippen LogP contribution in [0.2, 0.25) is 0 Å². The lowest BCUT2D eigenvalue weighted by Gasteiger charge is -2.43. The molecule has 0 heterocycles. The first-order valence-electron chi connectivity index (χ1n) is 7.64. The number of carbonyl (C=O) groups excluding carboxylic acids is 1. The monoisotopic (exact) mass is 270 g/mol. The summed E-state index contributed by atoms with van der Waals surface area (Å²) in [5.41, 5.74) is -0.475. The molecule has 112 valence electrons. The Balaban J connectivity index is 2.77. The molecule has 0 saturated heterocycles. The fourth-order valence-electron chi connectivity index (χ4n) is 3.32. The Bertz CT molecular complexity index is 277. The molecule has 0 aromatic heterocycles. The van der Waals surface area contributed by atoms with Gasteiger partial charge < -0.3 is 15.0 Å². The standard InChI is InChI=1S/C15H30N2O2/c1-5-10-17(11-6-2)13-8-7-9-15(12-13,16-3)14(18)19-4/h13,16H,5-12H2,1-4H3. The first-order chi connectivity index (χ1) is 9.13. The van der Waals surface area contributed by atoms with E-state index >= 15 is 0 Å². The molecule has 2 unspecified atom stereocenters. The number of hydrogen-bond acceptors (Lipinski definition) is 4. The molecule has 1 aliphatic carbocycles. The van der Waals surface area contributed by atoms with Crippen LogP contribution in [0, 0.1) is 0 Å². The first kappa shape index (κ1) is 16.4. The van der Waals surface area contributed by atoms with Crippen LogP contribution in [-0.2, 0) is 9.53 Å². The summed E-state index contributed by atoms with van der Waals surface area (Å²) in [6.45, 7) is 6.69. The topological polar surface area (TPSA) is 41.6 Å². The predicted molar refractivity (Wildman–Crippen MR) is 78.2 cm³/mol. The van der Waals surface area contributed by atoms with Crippen molar-refractivity contribution in [1.82, 2.24) is 10.2 Å². The number of carbonyl (C=O) groups is 1. The molecule has 0 spiro atoms. The summed E-state index contributed by atoms with van der Waals surface area (Å²) in [6, 6.07) is 0.500. The van der Waals surface area contributed by atoms with Crippen LogP contribution < -0.4 is 5.32 Å². The Labute approximate surface area is 117 Å². The van der Waals surface area contributed by atoms with E-state index < -0.39 is 5.54 Å². The lowest BCUT2D eigenvalue weighted by molar-refractivity contribution is -0.151. The van der Waals surface area contributed by atoms with Gasteiger partial charge >= 0.3 is 5.97 Å². The molecule has 0 radical (unpaired) electrons. The van der Waals surface area contributed by atoms with E-state index in [0.717, 1.165) is 32.4 Å². The predicted octanol–water partition coefficient (Wildman–Crippen LogP) is 2.18. The number of ether oxygens (including phenoxy) is 1. The van der Waals surface area contributed by atoms with Gasteiger partial charge in [0.25, 0.3) is 0 Å². The number of likely N-dealkylation sites (N-methyl/N-ethyl adjacent to an activating group) is 1. The van der Waals surface area contributed by atoms with Crippen LogP contribution in [0.5, 0.6) is 0 Å². The highest BCUT2D eigenvalue weighted by Crippen LogP contribution is 2.32. The Morgan fingerprint density at radius 2 is 2.00 bits per heavy atom. The number of nitrogens with one attached hydrogen (secondary N) is 1. The molecule has 1 aliphatic rings. The minimum absolute atomic E-state index is 0.104. The highest BCUT2D eigenvalue weighted by atomic mass is 16.5. The Morgan fingerprint density at radius 3 is 2.47 bits per heavy atom. The largest absolute Gasteiger partial charge is 0.468 e. The summed E-state index contributed by atoms with van der Waals surface area (Å²) >= 11 is 0. The van der Waals surface area contributed by atoms with Crippen LogP contribution in [0.3, 0.4) is 0 Å². The van der Waals surface area contributed by atoms with Crippen molar-refractivity contribution in [1.29, 1.82) is 0 Å². The molecular weight excluding hydrogens is 240 g/mol. The van der Waals surface area contributed by atoms with Crippen LogP contribution in [0.4, 0.5) is 0 Å². The van der Waals surface area contributed by atoms with Gasteiger partial charge in [-0.3, -0.25) is 4.79 Å². The van der Waals surface area contributed by atoms with Gasteiger partial charge in [0.2, 0.25) is 0 Å². The number of nitrogens with zero attached hydrogens (tertiary/aromatic N) is 1. The highest BCUT2D eigenvalue weighted by molar-refractivity contribution is 5.81. The van der Waals surface area contributed by atoms with E-state index in [4.69, 9.17) is 4.74 Å². The molecule has 0 aromatic rings. The molecule has 1 rings (SSSR count). The zero-order valence-electron chi connectivity index (χ0n) is 13.0. The van der Waals surface area contributed by atoms with E-state index in [9.17, 15) is 4.79 Å². The smallest absolute Gasteiger partial charge is 0.326 e. The maximum absolute atomic E-state index is 12.1. The molecule has 2 atom stereocenters. The van der Waals surface area contributed by atoms with Gasteiger partial charge in [0, 0.05) is 6.04 Å². The first-order valence-corrected chi connectivity index (χ1v) is 7.64. The molecule has 0 aromatic carbocycles. The zero-order valence-corrected chi connectivity index (χ0v) is 13.0. The molecule has 4 nitrogen and oxygen atoms in total. The van der Waals surface area contributed by atoms with Crippen molar-refractivity contribution < 1.29 is 9.53 Å². The average Bonchev–Trinajstić information content (AvgIpc) is 2.46. The number of hydrogen-bond donors (Lipinski definition) is 1. The second-order valence-corrected chi connectivity index (χ2v) is 5.61. The molecular formula is C15H30N2O2. The number of rotatable bonds is 7. The summed E-state index contributed by atoms with van der Waals surface area (Å²) < 4.78 is 5.01. The quantitative estimate of drug-likeness (QED) is 0.720. The van der Waals surface area contributed by atoms with Gasteiger partial charge in [0.05, 0.1) is 7.11 Å². The minimum Gasteiger partial charge on any atom is -0.468 e. The van der Waals surface area contributed by atoms with E-state index in [1.165, 1.54) is 26.4 Å². The second kappa shape index (κ2) is 7.85. The van der Waals surface area contributed by atoms with Crippen LogP contribution in [0.1, 0.15) is 52.4 Å². The Hall–Kier alpha value is -0.610. The van der Waals surface area contributed by atoms with Gasteiger partial charge in [0.15, 0.2) is 0 Å². The van der Waals surface area contributed by atoms with Crippen molar-refractivity contribution in [2.24, 2.45) is 0 Å². The third kappa shape index (κ3) is 3.93. The lowest BCUT2D eigenvalue weighted by Crippen LogP contribution is -2.57. The second-order valence-electron chi connectivity index (χ2n) is 5.61. The van der Waals surface area contributed by atoms with Crippen LogP contribution in [0.25, 0.3) is 0 Å². The van der Waals surface area contributed by atoms with Crippen LogP contribution >= 0.6 is 0 Å². The Kier molecular flexibility index (Phi) is 6.80. The van der Waals surface area contributed by atoms with Crippen molar-refractivity contribution in [2.45, 2.75) is 64.0 Å². The molecule has 0 bridgehead atoms. The SMILES string of the molecule is CCCN(CCC)C1CCCC(NC)(C(=O)OC)C1. The van der Waals surface area contributed by atoms with E-state index in [1.807, 2.05) is 7.05 Å². The van der Waals surface area contributed by atoms with Crippen molar-refractivity contribution >= 4 is 5.97 Å². The van der Waals surface area contributed by atoms with Gasteiger partial charge in [0.1, 0.15) is 5.54 Å². The number of esters is 1. The normalized spacial score (nSPS) is 27.5. The number of methoxy groups -OCH3 is 1. The van der Waals surface area contributed by atoms with E-state index in [-0.39, 0.29) is 5.97 Å². The fraction of sp³-hybridized carbons (Fsp3) is 0.933. The maximum Gasteiger partial charge on any atom is 0.326 e. The third-order valence-corrected chi connectivity index (χ3v) is 4.32. The average molecular weight is 270 g/mol. The minimum atomic E-state index is -0.475. The van der Waals surface area contributed by atoms with Crippen molar-refractivity contribution in [3.63, 3.8) is 0 Å². The summed E-state index contributed by atoms with van der Waals surface area (Å²) in [5, 5.41) is 3.24. The zero-order chi connectivity index (χ0) is 14.3. The molecule has 4 heteroatoms. The third-order valence-electron chi connectivity index (χ3n) is 4.32. The molecule has 19 heavy (non-hydrogen) atoms. The van der Waals surface area contributed by atoms with Crippen LogP contribution in [0.15, 0.2) is 0 Å². The summed E-state index contributed by atoms with van der Waals surface area (Å²) in [6.07, 6.45) is 6.38. The Morgan fingerprint density at radius 1 is 1.37 bits per heavy atom. The van der Waals surface area contributed by atoms with E-state index in [1.54, 1.807) is 0 Å². The molecule has 1 saturated carbocycles. The van der Waals surface area contributed by atoms with Crippen molar-refractivity contribution in [3.05, 3.63) is 0 Å². The maximum atomic E-state index is 12.1. The molecule has 1 fully saturated rings. The van der Waals surface area contributed by atoms with Gasteiger partial charge in [-0.2, -0.15) is 0 Å². The highest BCUT2D eigenvalue weighted by Gasteiger charge is 2.43. The van der Waals surface area contributed by atoms with Gasteiger partial charge in [-0.15, -0.1) is 0 Å². The van der Waals surface area contributed by atoms with Gasteiger partial charge in [-0.25, -0.2) is 0 Å². The molecule has 0 aliphatic heterocycles. The summed E-state index contributed by atoms with van der Waals surface area (Å²) in [7, 11) is 3.37. The van der Waals surface area contributed by atoms with Crippen molar-refractivity contribution in [2.75, 3.05) is 27.2 Å². The summed E-state index contributed by atoms with van der Waals surface area (Å²) in [5.74, 6) is -0.104. The molecule has 1 N–H and O–H groups in total. The van der Waals surface area contributed by atoms with Crippen molar-refractivity contribution in [3.8, 4) is 0 Å². The lowest BCUT2D eigenvalue weighted by atomic mass is 9.78. The van der Waals surface area contributed by atoms with Gasteiger partial charge in [-0.1, -0.05) is 13.8 Å². The summed E-state index contributed by atoms with van der Waals surface area (Å²) in [4.78, 5) is 14.7. The van der Waals surface area contributed by atoms with Gasteiger partial charge in [-0.05, 0) is 58.7 Å².